The van der Waals surface area contributed by atoms with Crippen LogP contribution in [0, 0.1) is 17.8 Å². The van der Waals surface area contributed by atoms with Crippen LogP contribution in [0.25, 0.3) is 5.57 Å². The molecule has 2 aliphatic carbocycles. The molecule has 0 bridgehead atoms. The second-order valence-corrected chi connectivity index (χ2v) is 5.97. The van der Waals surface area contributed by atoms with Gasteiger partial charge in [0.05, 0.1) is 0 Å². The molecular formula is C17H22. The van der Waals surface area contributed by atoms with Crippen molar-refractivity contribution >= 4 is 5.57 Å². The largest absolute Gasteiger partial charge is 0.0804 e. The zero-order chi connectivity index (χ0) is 11.7. The Labute approximate surface area is 105 Å². The van der Waals surface area contributed by atoms with Gasteiger partial charge in [0.2, 0.25) is 0 Å². The zero-order valence-corrected chi connectivity index (χ0v) is 10.7. The van der Waals surface area contributed by atoms with E-state index in [-0.39, 0.29) is 0 Å². The second kappa shape index (κ2) is 4.68. The van der Waals surface area contributed by atoms with E-state index in [0.29, 0.717) is 0 Å². The molecule has 3 unspecified atom stereocenters. The third-order valence-corrected chi connectivity index (χ3v) is 4.70. The highest BCUT2D eigenvalue weighted by molar-refractivity contribution is 5.66. The quantitative estimate of drug-likeness (QED) is 0.638. The number of rotatable bonds is 1. The molecule has 0 nitrogen and oxygen atoms in total. The number of benzene rings is 1. The molecule has 0 aliphatic heterocycles. The van der Waals surface area contributed by atoms with E-state index in [9.17, 15) is 0 Å². The number of hydrogen-bond donors (Lipinski definition) is 0. The van der Waals surface area contributed by atoms with Gasteiger partial charge in [0.1, 0.15) is 0 Å². The fourth-order valence-electron chi connectivity index (χ4n) is 3.67. The summed E-state index contributed by atoms with van der Waals surface area (Å²) in [6.07, 6.45) is 9.51. The van der Waals surface area contributed by atoms with Crippen molar-refractivity contribution < 1.29 is 0 Å². The zero-order valence-electron chi connectivity index (χ0n) is 10.7. The van der Waals surface area contributed by atoms with Crippen molar-refractivity contribution in [3.05, 3.63) is 42.0 Å². The Bertz CT molecular complexity index is 401. The second-order valence-electron chi connectivity index (χ2n) is 5.97. The van der Waals surface area contributed by atoms with Crippen molar-refractivity contribution in [2.24, 2.45) is 17.8 Å². The SMILES string of the molecule is CC1CCC2CC(c3ccccc3)=CCC2C1. The third kappa shape index (κ3) is 2.31. The molecule has 0 N–H and O–H groups in total. The van der Waals surface area contributed by atoms with Gasteiger partial charge in [-0.25, -0.2) is 0 Å². The summed E-state index contributed by atoms with van der Waals surface area (Å²) in [5.41, 5.74) is 3.05. The van der Waals surface area contributed by atoms with E-state index in [1.54, 1.807) is 5.57 Å². The van der Waals surface area contributed by atoms with E-state index in [0.717, 1.165) is 17.8 Å². The van der Waals surface area contributed by atoms with Gasteiger partial charge < -0.3 is 0 Å². The van der Waals surface area contributed by atoms with Crippen molar-refractivity contribution in [2.45, 2.75) is 39.0 Å². The molecule has 0 heterocycles. The molecule has 0 heteroatoms. The molecule has 1 aromatic rings. The van der Waals surface area contributed by atoms with Crippen molar-refractivity contribution in [3.8, 4) is 0 Å². The summed E-state index contributed by atoms with van der Waals surface area (Å²) in [6, 6.07) is 10.9. The van der Waals surface area contributed by atoms with E-state index >= 15 is 0 Å². The Balaban J connectivity index is 1.78. The van der Waals surface area contributed by atoms with E-state index in [2.05, 4.69) is 43.3 Å². The fourth-order valence-corrected chi connectivity index (χ4v) is 3.67. The van der Waals surface area contributed by atoms with Gasteiger partial charge in [-0.2, -0.15) is 0 Å². The summed E-state index contributed by atoms with van der Waals surface area (Å²) in [4.78, 5) is 0. The number of allylic oxidation sites excluding steroid dienone is 2. The van der Waals surface area contributed by atoms with Gasteiger partial charge in [0, 0.05) is 0 Å². The lowest BCUT2D eigenvalue weighted by atomic mass is 9.67. The fraction of sp³-hybridized carbons (Fsp3) is 0.529. The first-order valence-corrected chi connectivity index (χ1v) is 7.07. The van der Waals surface area contributed by atoms with E-state index in [1.807, 2.05) is 0 Å². The minimum Gasteiger partial charge on any atom is -0.0804 e. The Morgan fingerprint density at radius 3 is 2.65 bits per heavy atom. The predicted octanol–water partition coefficient (Wildman–Crippen LogP) is 4.92. The van der Waals surface area contributed by atoms with Gasteiger partial charge >= 0.3 is 0 Å². The van der Waals surface area contributed by atoms with Crippen LogP contribution in [0.15, 0.2) is 36.4 Å². The molecule has 0 spiro atoms. The molecule has 3 rings (SSSR count). The average Bonchev–Trinajstić information content (AvgIpc) is 2.39. The predicted molar refractivity (Wildman–Crippen MR) is 73.6 cm³/mol. The maximum absolute atomic E-state index is 2.51. The Morgan fingerprint density at radius 1 is 1.00 bits per heavy atom. The van der Waals surface area contributed by atoms with Gasteiger partial charge in [-0.15, -0.1) is 0 Å². The normalized spacial score (nSPS) is 32.8. The van der Waals surface area contributed by atoms with Crippen LogP contribution in [-0.4, -0.2) is 0 Å². The first kappa shape index (κ1) is 11.1. The highest BCUT2D eigenvalue weighted by Crippen LogP contribution is 2.44. The van der Waals surface area contributed by atoms with Gasteiger partial charge in [-0.3, -0.25) is 0 Å². The first-order chi connectivity index (χ1) is 8.33. The highest BCUT2D eigenvalue weighted by atomic mass is 14.4. The molecule has 0 saturated heterocycles. The summed E-state index contributed by atoms with van der Waals surface area (Å²) < 4.78 is 0. The van der Waals surface area contributed by atoms with Crippen molar-refractivity contribution in [1.82, 2.24) is 0 Å². The molecule has 1 aromatic carbocycles. The molecule has 0 radical (unpaired) electrons. The number of hydrogen-bond acceptors (Lipinski definition) is 0. The van der Waals surface area contributed by atoms with Crippen molar-refractivity contribution in [3.63, 3.8) is 0 Å². The molecule has 1 saturated carbocycles. The van der Waals surface area contributed by atoms with Gasteiger partial charge in [-0.1, -0.05) is 49.8 Å². The maximum Gasteiger partial charge on any atom is -0.0228 e. The van der Waals surface area contributed by atoms with Crippen LogP contribution >= 0.6 is 0 Å². The summed E-state index contributed by atoms with van der Waals surface area (Å²) in [7, 11) is 0. The molecule has 90 valence electrons. The first-order valence-electron chi connectivity index (χ1n) is 7.07. The van der Waals surface area contributed by atoms with Crippen LogP contribution in [0.1, 0.15) is 44.6 Å². The van der Waals surface area contributed by atoms with E-state index in [4.69, 9.17) is 0 Å². The van der Waals surface area contributed by atoms with Gasteiger partial charge in [0.25, 0.3) is 0 Å². The molecule has 0 amide bonds. The van der Waals surface area contributed by atoms with Crippen LogP contribution in [0.3, 0.4) is 0 Å². The Kier molecular flexibility index (Phi) is 3.05. The summed E-state index contributed by atoms with van der Waals surface area (Å²) >= 11 is 0. The summed E-state index contributed by atoms with van der Waals surface area (Å²) in [6.45, 7) is 2.42. The van der Waals surface area contributed by atoms with Gasteiger partial charge in [-0.05, 0) is 54.6 Å². The third-order valence-electron chi connectivity index (χ3n) is 4.70. The van der Waals surface area contributed by atoms with E-state index < -0.39 is 0 Å². The lowest BCUT2D eigenvalue weighted by Gasteiger charge is -2.38. The lowest BCUT2D eigenvalue weighted by Crippen LogP contribution is -2.26. The molecule has 3 atom stereocenters. The van der Waals surface area contributed by atoms with Crippen LogP contribution in [-0.2, 0) is 0 Å². The van der Waals surface area contributed by atoms with Crippen LogP contribution in [0.2, 0.25) is 0 Å². The Hall–Kier alpha value is -1.04. The molecule has 2 aliphatic rings. The monoisotopic (exact) mass is 226 g/mol. The molecule has 1 fully saturated rings. The van der Waals surface area contributed by atoms with Crippen molar-refractivity contribution in [1.29, 1.82) is 0 Å². The average molecular weight is 226 g/mol. The molecule has 17 heavy (non-hydrogen) atoms. The van der Waals surface area contributed by atoms with Crippen LogP contribution in [0.4, 0.5) is 0 Å². The Morgan fingerprint density at radius 2 is 1.82 bits per heavy atom. The lowest BCUT2D eigenvalue weighted by molar-refractivity contribution is 0.188. The molecule has 0 aromatic heterocycles. The summed E-state index contributed by atoms with van der Waals surface area (Å²) in [5.74, 6) is 2.90. The standard InChI is InChI=1S/C17H22/c1-13-7-8-17-12-16(10-9-15(17)11-13)14-5-3-2-4-6-14/h2-6,10,13,15,17H,7-9,11-12H2,1H3. The van der Waals surface area contributed by atoms with Crippen LogP contribution < -0.4 is 0 Å². The van der Waals surface area contributed by atoms with E-state index in [1.165, 1.54) is 37.7 Å². The van der Waals surface area contributed by atoms with Crippen molar-refractivity contribution in [2.75, 3.05) is 0 Å². The molecular weight excluding hydrogens is 204 g/mol. The minimum absolute atomic E-state index is 0.961. The minimum atomic E-state index is 0.961. The number of fused-ring (bicyclic) bond motifs is 1. The summed E-state index contributed by atoms with van der Waals surface area (Å²) in [5, 5.41) is 0. The maximum atomic E-state index is 2.51. The van der Waals surface area contributed by atoms with Crippen LogP contribution in [0.5, 0.6) is 0 Å². The topological polar surface area (TPSA) is 0 Å². The smallest absolute Gasteiger partial charge is 0.0228 e. The highest BCUT2D eigenvalue weighted by Gasteiger charge is 2.31. The van der Waals surface area contributed by atoms with Gasteiger partial charge in [0.15, 0.2) is 0 Å².